The first-order chi connectivity index (χ1) is 12.2. The average Bonchev–Trinajstić information content (AvgIpc) is 2.61. The second-order valence-corrected chi connectivity index (χ2v) is 5.19. The average molecular weight is 363 g/mol. The molecule has 0 saturated carbocycles. The number of nitrogens with zero attached hydrogens (tertiary/aromatic N) is 3. The number of benzene rings is 1. The number of aliphatic hydroxyl groups excluding tert-OH is 1. The quantitative estimate of drug-likeness (QED) is 0.243. The second-order valence-electron chi connectivity index (χ2n) is 5.19. The first-order valence-electron chi connectivity index (χ1n) is 7.34. The number of phenols is 1. The molecular formula is C16H17N3O7. The van der Waals surface area contributed by atoms with Crippen LogP contribution in [0.2, 0.25) is 0 Å². The number of Topliss-reactive ketones (excluding diaryl/α,β-unsaturated/α-hetero) is 1. The van der Waals surface area contributed by atoms with Crippen LogP contribution in [0, 0.1) is 21.4 Å². The van der Waals surface area contributed by atoms with E-state index >= 15 is 0 Å². The van der Waals surface area contributed by atoms with Gasteiger partial charge in [0, 0.05) is 25.1 Å². The van der Waals surface area contributed by atoms with E-state index in [9.17, 15) is 35.2 Å². The molecule has 1 amide bonds. The van der Waals surface area contributed by atoms with Gasteiger partial charge in [0.05, 0.1) is 18.6 Å². The maximum Gasteiger partial charge on any atom is 0.315 e. The molecule has 0 aliphatic heterocycles. The highest BCUT2D eigenvalue weighted by Crippen LogP contribution is 2.38. The van der Waals surface area contributed by atoms with Crippen molar-refractivity contribution in [3.8, 4) is 17.6 Å². The number of aliphatic hydroxyl groups is 1. The summed E-state index contributed by atoms with van der Waals surface area (Å²) in [7, 11) is 2.42. The summed E-state index contributed by atoms with van der Waals surface area (Å²) in [5.41, 5.74) is -1.75. The lowest BCUT2D eigenvalue weighted by molar-refractivity contribution is -0.386. The third-order valence-corrected chi connectivity index (χ3v) is 3.46. The number of hydrogen-bond donors (Lipinski definition) is 2. The zero-order valence-electron chi connectivity index (χ0n) is 14.3. The van der Waals surface area contributed by atoms with E-state index in [1.807, 2.05) is 0 Å². The number of likely N-dealkylation sites (N-methyl/N-ethyl adjacent to an activating group) is 1. The fourth-order valence-corrected chi connectivity index (χ4v) is 2.01. The Bertz CT molecular complexity index is 824. The topological polar surface area (TPSA) is 154 Å². The van der Waals surface area contributed by atoms with Crippen LogP contribution in [0.1, 0.15) is 18.9 Å². The van der Waals surface area contributed by atoms with Gasteiger partial charge < -0.3 is 19.8 Å². The highest BCUT2D eigenvalue weighted by molar-refractivity contribution is 6.04. The summed E-state index contributed by atoms with van der Waals surface area (Å²) in [6.45, 7) is 1.36. The number of ether oxygens (including phenoxy) is 1. The normalized spacial score (nSPS) is 11.2. The molecule has 1 aromatic rings. The molecule has 0 saturated heterocycles. The van der Waals surface area contributed by atoms with E-state index in [-0.39, 0.29) is 30.1 Å². The molecule has 0 aromatic heterocycles. The number of amides is 1. The number of methoxy groups -OCH3 is 1. The molecule has 0 aliphatic carbocycles. The van der Waals surface area contributed by atoms with Gasteiger partial charge in [-0.1, -0.05) is 6.92 Å². The second kappa shape index (κ2) is 8.48. The molecule has 0 bridgehead atoms. The molecule has 0 unspecified atom stereocenters. The molecule has 138 valence electrons. The van der Waals surface area contributed by atoms with Crippen LogP contribution in [0.15, 0.2) is 17.7 Å². The van der Waals surface area contributed by atoms with Gasteiger partial charge in [-0.25, -0.2) is 0 Å². The summed E-state index contributed by atoms with van der Waals surface area (Å²) < 4.78 is 4.80. The summed E-state index contributed by atoms with van der Waals surface area (Å²) in [6, 6.07) is 3.37. The van der Waals surface area contributed by atoms with Crippen molar-refractivity contribution in [1.29, 1.82) is 5.26 Å². The predicted octanol–water partition coefficient (Wildman–Crippen LogP) is 1.54. The Kier molecular flexibility index (Phi) is 6.66. The molecule has 2 N–H and O–H groups in total. The van der Waals surface area contributed by atoms with Gasteiger partial charge in [-0.05, 0) is 6.07 Å². The number of nitro groups is 1. The number of nitro benzene ring substituents is 1. The number of rotatable bonds is 7. The molecule has 0 radical (unpaired) electrons. The van der Waals surface area contributed by atoms with Crippen LogP contribution < -0.4 is 4.74 Å². The molecule has 1 aromatic carbocycles. The lowest BCUT2D eigenvalue weighted by Gasteiger charge is -2.16. The minimum absolute atomic E-state index is 0.191. The number of hydrogen-bond acceptors (Lipinski definition) is 8. The summed E-state index contributed by atoms with van der Waals surface area (Å²) in [5.74, 6) is -3.10. The minimum atomic E-state index is -0.929. The smallest absolute Gasteiger partial charge is 0.315 e. The van der Waals surface area contributed by atoms with E-state index in [0.717, 1.165) is 24.1 Å². The van der Waals surface area contributed by atoms with Crippen LogP contribution in [0.5, 0.6) is 11.5 Å². The Balaban J connectivity index is 3.45. The number of carbonyl (C=O) groups is 2. The maximum atomic E-state index is 12.3. The maximum absolute atomic E-state index is 12.3. The Labute approximate surface area is 148 Å². The first-order valence-corrected chi connectivity index (χ1v) is 7.34. The summed E-state index contributed by atoms with van der Waals surface area (Å²) in [5, 5.41) is 40.2. The van der Waals surface area contributed by atoms with Crippen molar-refractivity contribution in [1.82, 2.24) is 4.90 Å². The standard InChI is InChI=1S/C16H17N3O7/c1-4-10(20)8-18(2)16(23)11(7-17)14(21)9-5-12(19(24)25)15(22)13(6-9)26-3/h5-6,21-22H,4,8H2,1-3H3/b14-11-. The molecule has 0 heterocycles. The molecule has 10 nitrogen and oxygen atoms in total. The Morgan fingerprint density at radius 1 is 1.42 bits per heavy atom. The van der Waals surface area contributed by atoms with Crippen LogP contribution in [0.4, 0.5) is 5.69 Å². The van der Waals surface area contributed by atoms with Crippen molar-refractivity contribution in [2.24, 2.45) is 0 Å². The van der Waals surface area contributed by atoms with Crippen LogP contribution in [0.3, 0.4) is 0 Å². The zero-order valence-corrected chi connectivity index (χ0v) is 14.3. The lowest BCUT2D eigenvalue weighted by Crippen LogP contribution is -2.33. The largest absolute Gasteiger partial charge is 0.506 e. The van der Waals surface area contributed by atoms with Crippen LogP contribution in [-0.4, -0.2) is 52.4 Å². The summed E-state index contributed by atoms with van der Waals surface area (Å²) >= 11 is 0. The lowest BCUT2D eigenvalue weighted by atomic mass is 10.1. The Morgan fingerprint density at radius 3 is 2.50 bits per heavy atom. The van der Waals surface area contributed by atoms with Gasteiger partial charge in [0.25, 0.3) is 5.91 Å². The van der Waals surface area contributed by atoms with Crippen molar-refractivity contribution in [2.45, 2.75) is 13.3 Å². The van der Waals surface area contributed by atoms with Crippen molar-refractivity contribution in [2.75, 3.05) is 20.7 Å². The number of aromatic hydroxyl groups is 1. The summed E-state index contributed by atoms with van der Waals surface area (Å²) in [6.07, 6.45) is 0.191. The van der Waals surface area contributed by atoms with E-state index in [1.165, 1.54) is 13.1 Å². The van der Waals surface area contributed by atoms with Gasteiger partial charge in [-0.2, -0.15) is 5.26 Å². The van der Waals surface area contributed by atoms with E-state index in [1.54, 1.807) is 6.92 Å². The minimum Gasteiger partial charge on any atom is -0.506 e. The van der Waals surface area contributed by atoms with Gasteiger partial charge in [0.1, 0.15) is 11.8 Å². The van der Waals surface area contributed by atoms with Gasteiger partial charge in [0.15, 0.2) is 17.1 Å². The monoisotopic (exact) mass is 363 g/mol. The van der Waals surface area contributed by atoms with E-state index in [4.69, 9.17) is 4.74 Å². The van der Waals surface area contributed by atoms with Crippen molar-refractivity contribution in [3.05, 3.63) is 33.4 Å². The molecular weight excluding hydrogens is 346 g/mol. The molecule has 0 spiro atoms. The number of nitriles is 1. The van der Waals surface area contributed by atoms with Gasteiger partial charge in [-0.15, -0.1) is 0 Å². The fourth-order valence-electron chi connectivity index (χ4n) is 2.01. The van der Waals surface area contributed by atoms with Crippen molar-refractivity contribution < 1.29 is 29.5 Å². The number of ketones is 1. The Hall–Kier alpha value is -3.61. The number of phenolic OH excluding ortho intramolecular Hbond substituents is 1. The third kappa shape index (κ3) is 4.27. The molecule has 1 rings (SSSR count). The van der Waals surface area contributed by atoms with Crippen LogP contribution in [0.25, 0.3) is 5.76 Å². The van der Waals surface area contributed by atoms with Crippen LogP contribution >= 0.6 is 0 Å². The fraction of sp³-hybridized carbons (Fsp3) is 0.312. The Morgan fingerprint density at radius 2 is 2.04 bits per heavy atom. The number of carbonyl (C=O) groups excluding carboxylic acids is 2. The van der Waals surface area contributed by atoms with Gasteiger partial charge >= 0.3 is 5.69 Å². The van der Waals surface area contributed by atoms with Gasteiger partial charge in [0.2, 0.25) is 5.75 Å². The molecule has 0 aliphatic rings. The predicted molar refractivity (Wildman–Crippen MR) is 89.4 cm³/mol. The van der Waals surface area contributed by atoms with E-state index < -0.39 is 33.6 Å². The van der Waals surface area contributed by atoms with Crippen LogP contribution in [-0.2, 0) is 9.59 Å². The molecule has 0 atom stereocenters. The molecule has 10 heteroatoms. The van der Waals surface area contributed by atoms with Crippen molar-refractivity contribution >= 4 is 23.1 Å². The van der Waals surface area contributed by atoms with E-state index in [0.29, 0.717) is 0 Å². The highest BCUT2D eigenvalue weighted by Gasteiger charge is 2.26. The van der Waals surface area contributed by atoms with Gasteiger partial charge in [-0.3, -0.25) is 19.7 Å². The SMILES string of the molecule is CCC(=O)CN(C)C(=O)/C(C#N)=C(\O)c1cc(OC)c(O)c([N+](=O)[O-])c1. The van der Waals surface area contributed by atoms with E-state index in [2.05, 4.69) is 0 Å². The van der Waals surface area contributed by atoms with Crippen molar-refractivity contribution in [3.63, 3.8) is 0 Å². The third-order valence-electron chi connectivity index (χ3n) is 3.46. The zero-order chi connectivity index (χ0) is 20.0. The highest BCUT2D eigenvalue weighted by atomic mass is 16.6. The molecule has 0 fully saturated rings. The first kappa shape index (κ1) is 20.4. The summed E-state index contributed by atoms with van der Waals surface area (Å²) in [4.78, 5) is 34.8. The molecule has 26 heavy (non-hydrogen) atoms.